The lowest BCUT2D eigenvalue weighted by Gasteiger charge is -2.37. The molecule has 2 fully saturated rings. The summed E-state index contributed by atoms with van der Waals surface area (Å²) in [5.41, 5.74) is 8.11. The van der Waals surface area contributed by atoms with Crippen LogP contribution in [0.2, 0.25) is 0 Å². The van der Waals surface area contributed by atoms with Crippen LogP contribution in [0.15, 0.2) is 67.3 Å². The largest absolute Gasteiger partial charge is 0.508 e. The van der Waals surface area contributed by atoms with Crippen LogP contribution >= 0.6 is 0 Å². The fourth-order valence-corrected chi connectivity index (χ4v) is 10.2. The van der Waals surface area contributed by atoms with Crippen LogP contribution in [-0.2, 0) is 59.3 Å². The first-order valence-electron chi connectivity index (χ1n) is 23.4. The second kappa shape index (κ2) is 20.4. The van der Waals surface area contributed by atoms with E-state index in [0.717, 1.165) is 22.4 Å². The van der Waals surface area contributed by atoms with Gasteiger partial charge >= 0.3 is 5.97 Å². The lowest BCUT2D eigenvalue weighted by molar-refractivity contribution is -0.155. The van der Waals surface area contributed by atoms with Gasteiger partial charge in [0.25, 0.3) is 5.91 Å². The Labute approximate surface area is 392 Å². The summed E-state index contributed by atoms with van der Waals surface area (Å²) < 4.78 is 30.6. The molecule has 15 heteroatoms. The molecular formula is C52H65FN6O8. The van der Waals surface area contributed by atoms with E-state index in [0.29, 0.717) is 79.4 Å². The van der Waals surface area contributed by atoms with Gasteiger partial charge in [-0.2, -0.15) is 0 Å². The number of phenolic OH excluding ortho intramolecular Hbond substituents is 1. The van der Waals surface area contributed by atoms with Crippen LogP contribution in [0.1, 0.15) is 70.6 Å². The minimum absolute atomic E-state index is 0.0323. The molecule has 4 amide bonds. The quantitative estimate of drug-likeness (QED) is 0.118. The minimum Gasteiger partial charge on any atom is -0.508 e. The van der Waals surface area contributed by atoms with E-state index in [4.69, 9.17) is 9.47 Å². The van der Waals surface area contributed by atoms with Crippen molar-refractivity contribution in [2.45, 2.75) is 97.8 Å². The molecule has 3 N–H and O–H groups in total. The first-order chi connectivity index (χ1) is 31.9. The number of nitrogens with zero attached hydrogens (tertiary/aromatic N) is 4. The highest BCUT2D eigenvalue weighted by Gasteiger charge is 2.40. The Morgan fingerprint density at radius 1 is 1.09 bits per heavy atom. The van der Waals surface area contributed by atoms with Gasteiger partial charge in [-0.25, -0.2) is 9.82 Å². The average Bonchev–Trinajstić information content (AvgIpc) is 3.92. The summed E-state index contributed by atoms with van der Waals surface area (Å²) in [7, 11) is 3.22. The molecule has 0 spiro atoms. The predicted molar refractivity (Wildman–Crippen MR) is 254 cm³/mol. The van der Waals surface area contributed by atoms with Gasteiger partial charge in [0.2, 0.25) is 17.7 Å². The van der Waals surface area contributed by atoms with E-state index >= 15 is 4.39 Å². The molecule has 0 saturated carbocycles. The van der Waals surface area contributed by atoms with Crippen molar-refractivity contribution in [1.29, 1.82) is 0 Å². The topological polar surface area (TPSA) is 163 Å². The van der Waals surface area contributed by atoms with Gasteiger partial charge in [-0.05, 0) is 103 Å². The Morgan fingerprint density at radius 3 is 2.55 bits per heavy atom. The molecule has 1 aromatic heterocycles. The molecular weight excluding hydrogens is 856 g/mol. The van der Waals surface area contributed by atoms with Crippen LogP contribution in [0.4, 0.5) is 4.39 Å². The first-order valence-corrected chi connectivity index (χ1v) is 23.4. The SMILES string of the molecule is C=CC(=O)N1CC[C@H](C(=O)N(C)C(C(=O)N[C@H]2Cc3cc(O)cc(c3)-c3cc(F)c4c(c3)c(c(-c3ccccc3CCOC)n4CC)CC(C)(C)COC(=O)[C@@H]3CCCN(N3)C2=O)C(C)C)C1. The van der Waals surface area contributed by atoms with E-state index < -0.39 is 53.1 Å². The summed E-state index contributed by atoms with van der Waals surface area (Å²) >= 11 is 0. The zero-order chi connectivity index (χ0) is 48.3. The van der Waals surface area contributed by atoms with Gasteiger partial charge in [-0.15, -0.1) is 0 Å². The molecule has 1 unspecified atom stereocenters. The summed E-state index contributed by atoms with van der Waals surface area (Å²) in [5.74, 6) is -3.66. The normalized spacial score (nSPS) is 20.3. The number of cyclic esters (lactones) is 1. The molecule has 0 radical (unpaired) electrons. The zero-order valence-electron chi connectivity index (χ0n) is 39.8. The predicted octanol–water partition coefficient (Wildman–Crippen LogP) is 6.19. The van der Waals surface area contributed by atoms with Crippen molar-refractivity contribution in [3.63, 3.8) is 0 Å². The van der Waals surface area contributed by atoms with Crippen LogP contribution in [0.25, 0.3) is 33.3 Å². The number of ether oxygens (including phenoxy) is 2. The number of aromatic hydroxyl groups is 1. The van der Waals surface area contributed by atoms with Gasteiger partial charge in [-0.1, -0.05) is 64.6 Å². The molecule has 2 saturated heterocycles. The maximum atomic E-state index is 17.0. The third-order valence-electron chi connectivity index (χ3n) is 13.4. The number of hydrogen-bond acceptors (Lipinski definition) is 9. The van der Waals surface area contributed by atoms with E-state index in [1.807, 2.05) is 63.5 Å². The number of esters is 1. The number of fused-ring (bicyclic) bond motifs is 6. The van der Waals surface area contributed by atoms with Crippen LogP contribution in [-0.4, -0.2) is 119 Å². The van der Waals surface area contributed by atoms with Crippen molar-refractivity contribution in [3.8, 4) is 28.1 Å². The molecule has 3 aromatic carbocycles. The second-order valence-electron chi connectivity index (χ2n) is 19.4. The van der Waals surface area contributed by atoms with Gasteiger partial charge in [0.15, 0.2) is 0 Å². The number of hydrazine groups is 1. The van der Waals surface area contributed by atoms with E-state index in [1.54, 1.807) is 31.2 Å². The second-order valence-corrected chi connectivity index (χ2v) is 19.4. The number of likely N-dealkylation sites (tertiary alicyclic amines) is 1. The summed E-state index contributed by atoms with van der Waals surface area (Å²) in [6, 6.07) is 13.2. The van der Waals surface area contributed by atoms with Gasteiger partial charge in [-0.3, -0.25) is 29.0 Å². The van der Waals surface area contributed by atoms with Crippen molar-refractivity contribution in [2.24, 2.45) is 17.3 Å². The van der Waals surface area contributed by atoms with E-state index in [1.165, 1.54) is 28.1 Å². The molecule has 14 nitrogen and oxygen atoms in total. The third-order valence-corrected chi connectivity index (χ3v) is 13.4. The Hall–Kier alpha value is -6.06. The molecule has 0 aliphatic carbocycles. The average molecular weight is 921 g/mol. The number of phenols is 1. The lowest BCUT2D eigenvalue weighted by Crippen LogP contribution is -2.62. The molecule has 3 aliphatic rings. The molecule has 358 valence electrons. The number of carbonyl (C=O) groups excluding carboxylic acids is 5. The molecule has 7 rings (SSSR count). The number of aromatic nitrogens is 1. The number of nitrogens with one attached hydrogen (secondary N) is 2. The van der Waals surface area contributed by atoms with Gasteiger partial charge in [0.1, 0.15) is 29.7 Å². The minimum atomic E-state index is -1.23. The number of methoxy groups -OCH3 is 1. The zero-order valence-corrected chi connectivity index (χ0v) is 39.8. The van der Waals surface area contributed by atoms with Gasteiger partial charge < -0.3 is 34.3 Å². The smallest absolute Gasteiger partial charge is 0.324 e. The Balaban J connectivity index is 1.32. The lowest BCUT2D eigenvalue weighted by atomic mass is 9.83. The molecule has 67 heavy (non-hydrogen) atoms. The van der Waals surface area contributed by atoms with Crippen molar-refractivity contribution in [2.75, 3.05) is 47.0 Å². The molecule has 3 aliphatic heterocycles. The van der Waals surface area contributed by atoms with E-state index in [-0.39, 0.29) is 49.6 Å². The maximum absolute atomic E-state index is 17.0. The number of amides is 4. The highest BCUT2D eigenvalue weighted by atomic mass is 19.1. The fourth-order valence-electron chi connectivity index (χ4n) is 10.2. The Bertz CT molecular complexity index is 2550. The molecule has 4 aromatic rings. The van der Waals surface area contributed by atoms with Crippen molar-refractivity contribution in [1.82, 2.24) is 30.1 Å². The van der Waals surface area contributed by atoms with Crippen molar-refractivity contribution in [3.05, 3.63) is 89.8 Å². The number of carbonyl (C=O) groups is 5. The fraction of sp³-hybridized carbons (Fsp3) is 0.481. The number of aryl methyl sites for hydroxylation is 1. The highest BCUT2D eigenvalue weighted by molar-refractivity contribution is 5.97. The molecule has 6 bridgehead atoms. The number of hydrogen-bond donors (Lipinski definition) is 3. The number of rotatable bonds is 11. The number of likely N-dealkylation sites (N-methyl/N-ethyl adjacent to an activating group) is 1. The van der Waals surface area contributed by atoms with Crippen LogP contribution in [0.5, 0.6) is 5.75 Å². The summed E-state index contributed by atoms with van der Waals surface area (Å²) in [5, 5.41) is 16.3. The standard InChI is InChI=1S/C52H65FN6O8/c1-9-44(61)57-20-17-34(29-57)49(63)56(7)45(31(3)4)48(62)54-43-24-32-22-35(25-37(60)23-32)36-26-39-40(28-52(5,6)30-67-51(65)42-16-13-19-59(55-42)50(43)64)46(58(10-2)47(39)41(53)27-36)38-15-12-11-14-33(38)18-21-66-8/h9,11-12,14-15,22-23,25-27,31,34,42-43,45,55,60H,1,10,13,16-21,24,28-30H2,2-8H3,(H,54,62)/t34-,42-,43-,45?/m0/s1. The summed E-state index contributed by atoms with van der Waals surface area (Å²) in [6.45, 7) is 15.0. The molecule has 4 atom stereocenters. The van der Waals surface area contributed by atoms with Crippen LogP contribution in [0, 0.1) is 23.1 Å². The van der Waals surface area contributed by atoms with Crippen LogP contribution in [0.3, 0.4) is 0 Å². The molecule has 4 heterocycles. The van der Waals surface area contributed by atoms with Crippen LogP contribution < -0.4 is 10.7 Å². The van der Waals surface area contributed by atoms with Gasteiger partial charge in [0.05, 0.1) is 30.3 Å². The van der Waals surface area contributed by atoms with E-state index in [2.05, 4.69) is 23.4 Å². The number of benzene rings is 3. The van der Waals surface area contributed by atoms with Crippen molar-refractivity contribution >= 4 is 40.5 Å². The maximum Gasteiger partial charge on any atom is 0.324 e. The third kappa shape index (κ3) is 10.4. The highest BCUT2D eigenvalue weighted by Crippen LogP contribution is 2.42. The Morgan fingerprint density at radius 2 is 1.84 bits per heavy atom. The summed E-state index contributed by atoms with van der Waals surface area (Å²) in [6.07, 6.45) is 3.50. The summed E-state index contributed by atoms with van der Waals surface area (Å²) in [4.78, 5) is 72.3. The van der Waals surface area contributed by atoms with Gasteiger partial charge in [0, 0.05) is 63.1 Å². The monoisotopic (exact) mass is 920 g/mol. The first kappa shape index (κ1) is 48.9. The van der Waals surface area contributed by atoms with Crippen molar-refractivity contribution < 1.29 is 42.9 Å². The number of halogens is 1. The Kier molecular flexibility index (Phi) is 14.9. The van der Waals surface area contributed by atoms with E-state index in [9.17, 15) is 29.1 Å².